The van der Waals surface area contributed by atoms with E-state index in [0.29, 0.717) is 6.04 Å². The Morgan fingerprint density at radius 1 is 0.714 bits per heavy atom. The summed E-state index contributed by atoms with van der Waals surface area (Å²) in [5, 5.41) is 0. The van der Waals surface area contributed by atoms with Gasteiger partial charge < -0.3 is 13.3 Å². The number of hydrogen-bond acceptors (Lipinski definition) is 3. The highest BCUT2D eigenvalue weighted by atomic mass is 28.4. The zero-order valence-corrected chi connectivity index (χ0v) is 14.2. The Morgan fingerprint density at radius 3 is 1.48 bits per heavy atom. The second-order valence-electron chi connectivity index (χ2n) is 4.61. The standard InChI is InChI=1S/C10H16O3Si.C7H8/c1-11-14(12-2,13-3)9-10-7-5-4-6-8-10;1-7-5-3-2-4-6-7/h4-8H,9H2,1-3H3;2-6H,1H3. The molecule has 0 atom stereocenters. The fraction of sp³-hybridized carbons (Fsp3) is 0.294. The minimum absolute atomic E-state index is 0.706. The lowest BCUT2D eigenvalue weighted by Crippen LogP contribution is -2.45. The summed E-state index contributed by atoms with van der Waals surface area (Å²) in [7, 11) is 2.42. The lowest BCUT2D eigenvalue weighted by molar-refractivity contribution is 0.122. The van der Waals surface area contributed by atoms with Gasteiger partial charge in [0.1, 0.15) is 0 Å². The summed E-state index contributed by atoms with van der Waals surface area (Å²) in [6.45, 7) is 2.08. The van der Waals surface area contributed by atoms with Crippen molar-refractivity contribution < 1.29 is 13.3 Å². The predicted octanol–water partition coefficient (Wildman–Crippen LogP) is 3.64. The van der Waals surface area contributed by atoms with Gasteiger partial charge in [0.15, 0.2) is 0 Å². The van der Waals surface area contributed by atoms with E-state index in [0.717, 1.165) is 0 Å². The summed E-state index contributed by atoms with van der Waals surface area (Å²) in [6.07, 6.45) is 0. The highest BCUT2D eigenvalue weighted by molar-refractivity contribution is 6.60. The molecule has 0 fully saturated rings. The van der Waals surface area contributed by atoms with Gasteiger partial charge in [0.25, 0.3) is 0 Å². The maximum absolute atomic E-state index is 5.33. The summed E-state index contributed by atoms with van der Waals surface area (Å²) < 4.78 is 16.0. The SMILES string of the molecule is CO[Si](Cc1ccccc1)(OC)OC.Cc1ccccc1. The minimum atomic E-state index is -2.46. The molecule has 0 N–H and O–H groups in total. The van der Waals surface area contributed by atoms with Gasteiger partial charge in [-0.1, -0.05) is 66.2 Å². The molecule has 0 saturated heterocycles. The van der Waals surface area contributed by atoms with Crippen LogP contribution in [0.2, 0.25) is 0 Å². The Balaban J connectivity index is 0.000000262. The van der Waals surface area contributed by atoms with Crippen molar-refractivity contribution in [3.8, 4) is 0 Å². The third kappa shape index (κ3) is 6.22. The van der Waals surface area contributed by atoms with E-state index in [9.17, 15) is 0 Å². The van der Waals surface area contributed by atoms with Crippen molar-refractivity contribution in [3.63, 3.8) is 0 Å². The van der Waals surface area contributed by atoms with E-state index < -0.39 is 8.80 Å². The van der Waals surface area contributed by atoms with Crippen LogP contribution in [0.25, 0.3) is 0 Å². The average Bonchev–Trinajstić information content (AvgIpc) is 2.55. The normalized spacial score (nSPS) is 10.7. The lowest BCUT2D eigenvalue weighted by Gasteiger charge is -2.24. The van der Waals surface area contributed by atoms with Crippen molar-refractivity contribution in [2.45, 2.75) is 13.0 Å². The monoisotopic (exact) mass is 304 g/mol. The van der Waals surface area contributed by atoms with E-state index in [-0.39, 0.29) is 0 Å². The van der Waals surface area contributed by atoms with Crippen LogP contribution >= 0.6 is 0 Å². The summed E-state index contributed by atoms with van der Waals surface area (Å²) in [4.78, 5) is 0. The molecule has 0 radical (unpaired) electrons. The van der Waals surface area contributed by atoms with Gasteiger partial charge in [0, 0.05) is 27.4 Å². The second kappa shape index (κ2) is 9.47. The summed E-state index contributed by atoms with van der Waals surface area (Å²) in [6, 6.07) is 21.0. The van der Waals surface area contributed by atoms with Crippen LogP contribution in [-0.2, 0) is 19.3 Å². The molecule has 0 aliphatic carbocycles. The number of aryl methyl sites for hydroxylation is 1. The van der Waals surface area contributed by atoms with E-state index >= 15 is 0 Å². The molecular formula is C17H24O3Si. The molecule has 0 aliphatic heterocycles. The smallest absolute Gasteiger partial charge is 0.377 e. The molecular weight excluding hydrogens is 280 g/mol. The van der Waals surface area contributed by atoms with E-state index in [4.69, 9.17) is 13.3 Å². The topological polar surface area (TPSA) is 27.7 Å². The van der Waals surface area contributed by atoms with Gasteiger partial charge >= 0.3 is 8.80 Å². The van der Waals surface area contributed by atoms with E-state index in [1.807, 2.05) is 48.5 Å². The van der Waals surface area contributed by atoms with Gasteiger partial charge in [0.2, 0.25) is 0 Å². The Labute approximate surface area is 128 Å². The minimum Gasteiger partial charge on any atom is -0.377 e. The Morgan fingerprint density at radius 2 is 1.14 bits per heavy atom. The molecule has 4 heteroatoms. The third-order valence-corrected chi connectivity index (χ3v) is 5.84. The van der Waals surface area contributed by atoms with E-state index in [1.54, 1.807) is 21.3 Å². The summed E-state index contributed by atoms with van der Waals surface area (Å²) in [5.41, 5.74) is 2.49. The van der Waals surface area contributed by atoms with Gasteiger partial charge in [-0.25, -0.2) is 0 Å². The first kappa shape index (κ1) is 17.6. The van der Waals surface area contributed by atoms with Crippen LogP contribution in [0.1, 0.15) is 11.1 Å². The Hall–Kier alpha value is -1.46. The number of rotatable bonds is 5. The van der Waals surface area contributed by atoms with Crippen molar-refractivity contribution in [2.24, 2.45) is 0 Å². The number of hydrogen-bond donors (Lipinski definition) is 0. The first-order valence-corrected chi connectivity index (χ1v) is 8.80. The van der Waals surface area contributed by atoms with Crippen LogP contribution in [0.15, 0.2) is 60.7 Å². The van der Waals surface area contributed by atoms with Gasteiger partial charge in [0.05, 0.1) is 0 Å². The van der Waals surface area contributed by atoms with Crippen LogP contribution in [0.3, 0.4) is 0 Å². The van der Waals surface area contributed by atoms with Crippen molar-refractivity contribution in [2.75, 3.05) is 21.3 Å². The van der Waals surface area contributed by atoms with Crippen molar-refractivity contribution in [3.05, 3.63) is 71.8 Å². The Kier molecular flexibility index (Phi) is 7.93. The maximum Gasteiger partial charge on any atom is 0.504 e. The van der Waals surface area contributed by atoms with Gasteiger partial charge in [-0.05, 0) is 12.5 Å². The molecule has 2 aromatic rings. The highest BCUT2D eigenvalue weighted by Crippen LogP contribution is 2.13. The first-order valence-electron chi connectivity index (χ1n) is 6.87. The van der Waals surface area contributed by atoms with Crippen LogP contribution in [0, 0.1) is 6.92 Å². The molecule has 114 valence electrons. The highest BCUT2D eigenvalue weighted by Gasteiger charge is 2.37. The van der Waals surface area contributed by atoms with Crippen molar-refractivity contribution in [1.29, 1.82) is 0 Å². The van der Waals surface area contributed by atoms with E-state index in [2.05, 4.69) is 19.1 Å². The Bertz CT molecular complexity index is 476. The molecule has 0 unspecified atom stereocenters. The van der Waals surface area contributed by atoms with E-state index in [1.165, 1.54) is 11.1 Å². The first-order chi connectivity index (χ1) is 10.2. The van der Waals surface area contributed by atoms with Crippen LogP contribution < -0.4 is 0 Å². The molecule has 0 saturated carbocycles. The molecule has 21 heavy (non-hydrogen) atoms. The molecule has 0 heterocycles. The van der Waals surface area contributed by atoms with Crippen LogP contribution in [0.5, 0.6) is 0 Å². The fourth-order valence-electron chi connectivity index (χ4n) is 1.85. The van der Waals surface area contributed by atoms with Gasteiger partial charge in [-0.15, -0.1) is 0 Å². The quantitative estimate of drug-likeness (QED) is 0.789. The second-order valence-corrected chi connectivity index (χ2v) is 7.56. The van der Waals surface area contributed by atoms with Crippen molar-refractivity contribution >= 4 is 8.80 Å². The lowest BCUT2D eigenvalue weighted by atomic mass is 10.2. The molecule has 2 aromatic carbocycles. The van der Waals surface area contributed by atoms with Gasteiger partial charge in [-0.3, -0.25) is 0 Å². The molecule has 2 rings (SSSR count). The van der Waals surface area contributed by atoms with Crippen molar-refractivity contribution in [1.82, 2.24) is 0 Å². The zero-order chi connectivity index (χ0) is 15.6. The largest absolute Gasteiger partial charge is 0.504 e. The van der Waals surface area contributed by atoms with Crippen LogP contribution in [0.4, 0.5) is 0 Å². The average molecular weight is 304 g/mol. The molecule has 3 nitrogen and oxygen atoms in total. The molecule has 0 amide bonds. The molecule has 0 aliphatic rings. The summed E-state index contributed by atoms with van der Waals surface area (Å²) in [5.74, 6) is 0. The zero-order valence-electron chi connectivity index (χ0n) is 13.2. The third-order valence-electron chi connectivity index (χ3n) is 3.14. The molecule has 0 spiro atoms. The maximum atomic E-state index is 5.33. The molecule has 0 aromatic heterocycles. The fourth-order valence-corrected chi connectivity index (χ4v) is 3.52. The summed E-state index contributed by atoms with van der Waals surface area (Å²) >= 11 is 0. The van der Waals surface area contributed by atoms with Crippen LogP contribution in [-0.4, -0.2) is 30.1 Å². The molecule has 0 bridgehead atoms. The predicted molar refractivity (Wildman–Crippen MR) is 88.1 cm³/mol. The number of benzene rings is 2. The van der Waals surface area contributed by atoms with Gasteiger partial charge in [-0.2, -0.15) is 0 Å².